The fourth-order valence-electron chi connectivity index (χ4n) is 0.811. The van der Waals surface area contributed by atoms with Gasteiger partial charge in [-0.15, -0.1) is 0 Å². The standard InChI is InChI=1S/C7H4F3O3S/c8-7(9,10)5-1-3-6(4-2-5)14(11,12)13/h1-4H. The van der Waals surface area contributed by atoms with Crippen LogP contribution in [0.3, 0.4) is 0 Å². The fourth-order valence-corrected chi connectivity index (χ4v) is 1.28. The van der Waals surface area contributed by atoms with E-state index in [1.807, 2.05) is 0 Å². The van der Waals surface area contributed by atoms with Gasteiger partial charge in [0.25, 0.3) is 0 Å². The molecule has 0 fully saturated rings. The van der Waals surface area contributed by atoms with Crippen molar-refractivity contribution in [1.82, 2.24) is 0 Å². The van der Waals surface area contributed by atoms with Crippen LogP contribution in [-0.2, 0) is 20.8 Å². The molecule has 77 valence electrons. The van der Waals surface area contributed by atoms with E-state index in [-0.39, 0.29) is 0 Å². The zero-order valence-corrected chi connectivity index (χ0v) is 7.39. The van der Waals surface area contributed by atoms with E-state index in [0.717, 1.165) is 0 Å². The third-order valence-corrected chi connectivity index (χ3v) is 2.32. The van der Waals surface area contributed by atoms with Gasteiger partial charge in [0.2, 0.25) is 0 Å². The Morgan fingerprint density at radius 3 is 1.71 bits per heavy atom. The Morgan fingerprint density at radius 2 is 1.43 bits per heavy atom. The Morgan fingerprint density at radius 1 is 1.00 bits per heavy atom. The zero-order valence-electron chi connectivity index (χ0n) is 6.58. The molecule has 0 atom stereocenters. The summed E-state index contributed by atoms with van der Waals surface area (Å²) in [4.78, 5) is -0.675. The van der Waals surface area contributed by atoms with Crippen LogP contribution in [0.2, 0.25) is 0 Å². The van der Waals surface area contributed by atoms with Crippen LogP contribution < -0.4 is 0 Å². The van der Waals surface area contributed by atoms with Gasteiger partial charge >= 0.3 is 16.3 Å². The number of alkyl halides is 3. The van der Waals surface area contributed by atoms with Crippen LogP contribution in [0.15, 0.2) is 29.2 Å². The summed E-state index contributed by atoms with van der Waals surface area (Å²) in [5.74, 6) is 0. The second-order valence-corrected chi connectivity index (χ2v) is 3.86. The number of benzene rings is 1. The number of halogens is 3. The highest BCUT2D eigenvalue weighted by atomic mass is 32.2. The Labute approximate surface area is 77.9 Å². The van der Waals surface area contributed by atoms with Gasteiger partial charge in [-0.2, -0.15) is 21.6 Å². The van der Waals surface area contributed by atoms with E-state index < -0.39 is 26.8 Å². The van der Waals surface area contributed by atoms with Gasteiger partial charge < -0.3 is 0 Å². The molecule has 1 aromatic rings. The summed E-state index contributed by atoms with van der Waals surface area (Å²) in [5.41, 5.74) is -0.995. The van der Waals surface area contributed by atoms with Crippen molar-refractivity contribution in [3.05, 3.63) is 29.8 Å². The van der Waals surface area contributed by atoms with Crippen molar-refractivity contribution < 1.29 is 26.1 Å². The molecule has 0 saturated heterocycles. The summed E-state index contributed by atoms with van der Waals surface area (Å²) in [6.07, 6.45) is -4.54. The molecule has 0 bridgehead atoms. The molecule has 0 amide bonds. The molecule has 0 heterocycles. The summed E-state index contributed by atoms with van der Waals surface area (Å²) in [5, 5.41) is 0. The highest BCUT2D eigenvalue weighted by Gasteiger charge is 2.30. The maximum Gasteiger partial charge on any atom is 0.416 e. The highest BCUT2D eigenvalue weighted by Crippen LogP contribution is 2.29. The van der Waals surface area contributed by atoms with Crippen LogP contribution >= 0.6 is 0 Å². The van der Waals surface area contributed by atoms with Crippen molar-refractivity contribution in [3.63, 3.8) is 0 Å². The summed E-state index contributed by atoms with van der Waals surface area (Å²) >= 11 is 0. The van der Waals surface area contributed by atoms with Gasteiger partial charge in [-0.1, -0.05) is 4.55 Å². The van der Waals surface area contributed by atoms with Crippen molar-refractivity contribution in [3.8, 4) is 0 Å². The predicted molar refractivity (Wildman–Crippen MR) is 39.3 cm³/mol. The van der Waals surface area contributed by atoms with Crippen molar-refractivity contribution in [2.75, 3.05) is 0 Å². The molecule has 0 spiro atoms. The lowest BCUT2D eigenvalue weighted by molar-refractivity contribution is -0.137. The second-order valence-electron chi connectivity index (χ2n) is 2.48. The molecule has 7 heteroatoms. The number of hydrogen-bond donors (Lipinski definition) is 0. The Balaban J connectivity index is 3.14. The van der Waals surface area contributed by atoms with Gasteiger partial charge in [0.1, 0.15) is 0 Å². The molecule has 0 N–H and O–H groups in total. The molecule has 0 aliphatic carbocycles. The first kappa shape index (κ1) is 11.0. The van der Waals surface area contributed by atoms with Crippen molar-refractivity contribution >= 4 is 10.1 Å². The molecule has 14 heavy (non-hydrogen) atoms. The SMILES string of the molecule is [O]S(=O)(=O)c1ccc(C(F)(F)F)cc1. The first-order chi connectivity index (χ1) is 6.21. The summed E-state index contributed by atoms with van der Waals surface area (Å²) in [6, 6.07) is 2.35. The molecular weight excluding hydrogens is 221 g/mol. The summed E-state index contributed by atoms with van der Waals surface area (Å²) in [6.45, 7) is 0. The first-order valence-corrected chi connectivity index (χ1v) is 4.75. The number of rotatable bonds is 1. The molecule has 0 aromatic heterocycles. The summed E-state index contributed by atoms with van der Waals surface area (Å²) in [7, 11) is -4.68. The highest BCUT2D eigenvalue weighted by molar-refractivity contribution is 7.85. The largest absolute Gasteiger partial charge is 0.416 e. The molecule has 0 saturated carbocycles. The number of hydrogen-bond acceptors (Lipinski definition) is 2. The van der Waals surface area contributed by atoms with Crippen LogP contribution in [-0.4, -0.2) is 8.42 Å². The van der Waals surface area contributed by atoms with Crippen molar-refractivity contribution in [1.29, 1.82) is 0 Å². The van der Waals surface area contributed by atoms with Crippen LogP contribution in [0, 0.1) is 0 Å². The van der Waals surface area contributed by atoms with Gasteiger partial charge in [0.05, 0.1) is 10.5 Å². The van der Waals surface area contributed by atoms with Crippen LogP contribution in [0.5, 0.6) is 0 Å². The molecule has 1 rings (SSSR count). The third-order valence-electron chi connectivity index (χ3n) is 1.47. The predicted octanol–water partition coefficient (Wildman–Crippen LogP) is 1.82. The van der Waals surface area contributed by atoms with E-state index in [2.05, 4.69) is 0 Å². The molecule has 0 aliphatic rings. The Hall–Kier alpha value is -1.08. The van der Waals surface area contributed by atoms with Gasteiger partial charge in [-0.05, 0) is 24.3 Å². The minimum absolute atomic E-state index is 0.546. The maximum absolute atomic E-state index is 12.0. The molecular formula is C7H4F3O3S. The Kier molecular flexibility index (Phi) is 2.55. The lowest BCUT2D eigenvalue weighted by Gasteiger charge is -2.05. The van der Waals surface area contributed by atoms with E-state index in [4.69, 9.17) is 0 Å². The lowest BCUT2D eigenvalue weighted by atomic mass is 10.2. The fraction of sp³-hybridized carbons (Fsp3) is 0.143. The van der Waals surface area contributed by atoms with Crippen molar-refractivity contribution in [2.24, 2.45) is 0 Å². The van der Waals surface area contributed by atoms with Gasteiger partial charge in [0, 0.05) is 0 Å². The first-order valence-electron chi connectivity index (χ1n) is 3.34. The van der Waals surface area contributed by atoms with E-state index in [1.54, 1.807) is 0 Å². The average Bonchev–Trinajstić information content (AvgIpc) is 2.01. The molecule has 0 unspecified atom stereocenters. The summed E-state index contributed by atoms with van der Waals surface area (Å²) < 4.78 is 67.0. The quantitative estimate of drug-likeness (QED) is 0.732. The van der Waals surface area contributed by atoms with E-state index in [0.29, 0.717) is 24.3 Å². The molecule has 1 radical (unpaired) electrons. The molecule has 1 aromatic carbocycles. The van der Waals surface area contributed by atoms with Crippen LogP contribution in [0.1, 0.15) is 5.56 Å². The van der Waals surface area contributed by atoms with E-state index in [9.17, 15) is 26.1 Å². The smallest absolute Gasteiger partial charge is 0.192 e. The Bertz CT molecular complexity index is 418. The normalized spacial score (nSPS) is 12.9. The van der Waals surface area contributed by atoms with Gasteiger partial charge in [0.15, 0.2) is 0 Å². The van der Waals surface area contributed by atoms with Crippen molar-refractivity contribution in [2.45, 2.75) is 11.1 Å². The second kappa shape index (κ2) is 3.25. The monoisotopic (exact) mass is 225 g/mol. The van der Waals surface area contributed by atoms with E-state index in [1.165, 1.54) is 0 Å². The van der Waals surface area contributed by atoms with Crippen LogP contribution in [0.25, 0.3) is 0 Å². The van der Waals surface area contributed by atoms with Crippen LogP contribution in [0.4, 0.5) is 13.2 Å². The maximum atomic E-state index is 12.0. The minimum atomic E-state index is -4.68. The van der Waals surface area contributed by atoms with Gasteiger partial charge in [-0.3, -0.25) is 0 Å². The topological polar surface area (TPSA) is 54.0 Å². The minimum Gasteiger partial charge on any atom is -0.192 e. The lowest BCUT2D eigenvalue weighted by Crippen LogP contribution is -2.05. The third kappa shape index (κ3) is 2.46. The average molecular weight is 225 g/mol. The zero-order chi connectivity index (χ0) is 11.0. The van der Waals surface area contributed by atoms with E-state index >= 15 is 0 Å². The molecule has 3 nitrogen and oxygen atoms in total. The van der Waals surface area contributed by atoms with Gasteiger partial charge in [-0.25, -0.2) is 0 Å². The molecule has 0 aliphatic heterocycles.